The smallest absolute Gasteiger partial charge is 0.201 e. The highest BCUT2D eigenvalue weighted by molar-refractivity contribution is 5.71. The van der Waals surface area contributed by atoms with Crippen LogP contribution >= 0.6 is 0 Å². The lowest BCUT2D eigenvalue weighted by Crippen LogP contribution is -2.28. The second-order valence-electron chi connectivity index (χ2n) is 8.27. The van der Waals surface area contributed by atoms with Gasteiger partial charge in [0.05, 0.1) is 19.5 Å². The van der Waals surface area contributed by atoms with E-state index in [1.807, 2.05) is 19.9 Å². The molecule has 1 fully saturated rings. The molecule has 3 aromatic rings. The zero-order valence-corrected chi connectivity index (χ0v) is 19.2. The van der Waals surface area contributed by atoms with Crippen LogP contribution in [0.4, 0.5) is 13.2 Å². The number of hydrogen-bond acceptors (Lipinski definition) is 3. The van der Waals surface area contributed by atoms with Crippen LogP contribution in [0.5, 0.6) is 5.75 Å². The van der Waals surface area contributed by atoms with Crippen molar-refractivity contribution < 1.29 is 27.4 Å². The molecule has 3 aromatic carbocycles. The highest BCUT2D eigenvalue weighted by atomic mass is 19.2. The standard InChI is InChI=1S/C28H27F3O3/c1-3-4-5-14-32-26-13-12-24(27(30)28(26)31)20-8-6-19(7-9-20)23-11-10-21(15-25(23)29)22-16-33-18(2)34-17-22/h5-15,18,22H,3-4,16-17H2,1-2H3/b14-5-. The molecule has 0 atom stereocenters. The molecule has 4 rings (SSSR count). The fraction of sp³-hybridized carbons (Fsp3) is 0.286. The zero-order chi connectivity index (χ0) is 24.1. The number of halogens is 3. The molecule has 0 amide bonds. The fourth-order valence-corrected chi connectivity index (χ4v) is 3.84. The van der Waals surface area contributed by atoms with Gasteiger partial charge in [0.25, 0.3) is 0 Å². The molecule has 1 saturated heterocycles. The van der Waals surface area contributed by atoms with E-state index in [0.29, 0.717) is 29.9 Å². The first kappa shape index (κ1) is 24.0. The van der Waals surface area contributed by atoms with E-state index in [1.54, 1.807) is 36.4 Å². The first-order chi connectivity index (χ1) is 16.5. The first-order valence-corrected chi connectivity index (χ1v) is 11.4. The van der Waals surface area contributed by atoms with Crippen LogP contribution in [0.1, 0.15) is 38.2 Å². The lowest BCUT2D eigenvalue weighted by atomic mass is 9.95. The molecule has 3 nitrogen and oxygen atoms in total. The molecule has 0 N–H and O–H groups in total. The summed E-state index contributed by atoms with van der Waals surface area (Å²) < 4.78 is 60.3. The van der Waals surface area contributed by atoms with E-state index in [0.717, 1.165) is 18.4 Å². The van der Waals surface area contributed by atoms with Gasteiger partial charge in [-0.05, 0) is 54.3 Å². The van der Waals surface area contributed by atoms with E-state index in [2.05, 4.69) is 0 Å². The van der Waals surface area contributed by atoms with Crippen LogP contribution in [0.2, 0.25) is 0 Å². The Kier molecular flexibility index (Phi) is 7.70. The van der Waals surface area contributed by atoms with Gasteiger partial charge in [-0.1, -0.05) is 49.7 Å². The van der Waals surface area contributed by atoms with E-state index < -0.39 is 11.6 Å². The zero-order valence-electron chi connectivity index (χ0n) is 19.2. The fourth-order valence-electron chi connectivity index (χ4n) is 3.84. The normalized spacial score (nSPS) is 18.4. The quantitative estimate of drug-likeness (QED) is 0.334. The third kappa shape index (κ3) is 5.34. The van der Waals surface area contributed by atoms with Crippen LogP contribution in [0, 0.1) is 17.5 Å². The Labute approximate surface area is 197 Å². The SMILES string of the molecule is CCC/C=C\Oc1ccc(-c2ccc(-c3ccc(C4COC(C)OC4)cc3F)cc2)c(F)c1F. The van der Waals surface area contributed by atoms with Crippen molar-refractivity contribution in [3.8, 4) is 28.0 Å². The molecule has 0 aromatic heterocycles. The predicted molar refractivity (Wildman–Crippen MR) is 126 cm³/mol. The number of rotatable bonds is 7. The summed E-state index contributed by atoms with van der Waals surface area (Å²) in [6, 6.07) is 14.6. The third-order valence-corrected chi connectivity index (χ3v) is 5.83. The Morgan fingerprint density at radius 2 is 1.53 bits per heavy atom. The molecule has 0 aliphatic carbocycles. The molecule has 0 unspecified atom stereocenters. The average Bonchev–Trinajstić information content (AvgIpc) is 2.85. The Morgan fingerprint density at radius 1 is 0.882 bits per heavy atom. The largest absolute Gasteiger partial charge is 0.462 e. The monoisotopic (exact) mass is 468 g/mol. The van der Waals surface area contributed by atoms with Gasteiger partial charge in [0, 0.05) is 17.0 Å². The Morgan fingerprint density at radius 3 is 2.18 bits per heavy atom. The minimum absolute atomic E-state index is 0.0194. The summed E-state index contributed by atoms with van der Waals surface area (Å²) >= 11 is 0. The van der Waals surface area contributed by atoms with Crippen molar-refractivity contribution in [2.75, 3.05) is 13.2 Å². The molecule has 6 heteroatoms. The average molecular weight is 469 g/mol. The lowest BCUT2D eigenvalue weighted by Gasteiger charge is -2.27. The summed E-state index contributed by atoms with van der Waals surface area (Å²) in [5.41, 5.74) is 2.47. The third-order valence-electron chi connectivity index (χ3n) is 5.83. The van der Waals surface area contributed by atoms with Crippen molar-refractivity contribution in [3.05, 3.63) is 90.0 Å². The van der Waals surface area contributed by atoms with Crippen molar-refractivity contribution >= 4 is 0 Å². The molecular weight excluding hydrogens is 441 g/mol. The Hall–Kier alpha value is -3.09. The van der Waals surface area contributed by atoms with Gasteiger partial charge in [-0.15, -0.1) is 0 Å². The first-order valence-electron chi connectivity index (χ1n) is 11.4. The van der Waals surface area contributed by atoms with Crippen molar-refractivity contribution in [2.24, 2.45) is 0 Å². The van der Waals surface area contributed by atoms with E-state index in [-0.39, 0.29) is 29.3 Å². The summed E-state index contributed by atoms with van der Waals surface area (Å²) in [7, 11) is 0. The lowest BCUT2D eigenvalue weighted by molar-refractivity contribution is -0.176. The highest BCUT2D eigenvalue weighted by Crippen LogP contribution is 2.33. The molecule has 178 valence electrons. The molecule has 0 bridgehead atoms. The molecule has 0 radical (unpaired) electrons. The molecule has 1 heterocycles. The van der Waals surface area contributed by atoms with Crippen molar-refractivity contribution in [1.82, 2.24) is 0 Å². The predicted octanol–water partition coefficient (Wildman–Crippen LogP) is 7.61. The van der Waals surface area contributed by atoms with Crippen molar-refractivity contribution in [2.45, 2.75) is 38.9 Å². The van der Waals surface area contributed by atoms with E-state index in [1.165, 1.54) is 24.5 Å². The number of ether oxygens (including phenoxy) is 3. The summed E-state index contributed by atoms with van der Waals surface area (Å²) in [6.45, 7) is 4.81. The second kappa shape index (κ2) is 10.9. The number of allylic oxidation sites excluding steroid dienone is 1. The van der Waals surface area contributed by atoms with Gasteiger partial charge >= 0.3 is 0 Å². The van der Waals surface area contributed by atoms with Crippen molar-refractivity contribution in [1.29, 1.82) is 0 Å². The van der Waals surface area contributed by atoms with Crippen molar-refractivity contribution in [3.63, 3.8) is 0 Å². The maximum absolute atomic E-state index is 14.9. The van der Waals surface area contributed by atoms with Gasteiger partial charge in [0.15, 0.2) is 17.9 Å². The van der Waals surface area contributed by atoms with E-state index in [9.17, 15) is 13.2 Å². The van der Waals surface area contributed by atoms with Crippen LogP contribution < -0.4 is 4.74 Å². The molecule has 0 spiro atoms. The Bertz CT molecular complexity index is 1150. The number of unbranched alkanes of at least 4 members (excludes halogenated alkanes) is 1. The topological polar surface area (TPSA) is 27.7 Å². The second-order valence-corrected chi connectivity index (χ2v) is 8.27. The summed E-state index contributed by atoms with van der Waals surface area (Å²) in [5, 5.41) is 0. The highest BCUT2D eigenvalue weighted by Gasteiger charge is 2.22. The van der Waals surface area contributed by atoms with Gasteiger partial charge in [0.1, 0.15) is 5.82 Å². The van der Waals surface area contributed by atoms with Crippen LogP contribution in [0.15, 0.2) is 66.9 Å². The van der Waals surface area contributed by atoms with E-state index >= 15 is 0 Å². The van der Waals surface area contributed by atoms with Crippen LogP contribution in [-0.2, 0) is 9.47 Å². The summed E-state index contributed by atoms with van der Waals surface area (Å²) in [4.78, 5) is 0. The molecule has 34 heavy (non-hydrogen) atoms. The summed E-state index contributed by atoms with van der Waals surface area (Å²) in [5.74, 6) is -2.59. The number of hydrogen-bond donors (Lipinski definition) is 0. The van der Waals surface area contributed by atoms with Gasteiger partial charge in [0.2, 0.25) is 5.82 Å². The molecular formula is C28H27F3O3. The molecule has 1 aliphatic rings. The van der Waals surface area contributed by atoms with E-state index in [4.69, 9.17) is 14.2 Å². The minimum atomic E-state index is -1.05. The maximum atomic E-state index is 14.9. The van der Waals surface area contributed by atoms with Gasteiger partial charge < -0.3 is 14.2 Å². The number of benzene rings is 3. The van der Waals surface area contributed by atoms with Gasteiger partial charge in [-0.25, -0.2) is 8.78 Å². The van der Waals surface area contributed by atoms with Gasteiger partial charge in [-0.3, -0.25) is 0 Å². The minimum Gasteiger partial charge on any atom is -0.462 e. The Balaban J connectivity index is 1.51. The molecule has 0 saturated carbocycles. The maximum Gasteiger partial charge on any atom is 0.201 e. The molecule has 1 aliphatic heterocycles. The van der Waals surface area contributed by atoms with Crippen LogP contribution in [-0.4, -0.2) is 19.5 Å². The van der Waals surface area contributed by atoms with Gasteiger partial charge in [-0.2, -0.15) is 4.39 Å². The van der Waals surface area contributed by atoms with Crippen LogP contribution in [0.3, 0.4) is 0 Å². The van der Waals surface area contributed by atoms with Crippen LogP contribution in [0.25, 0.3) is 22.3 Å². The summed E-state index contributed by atoms with van der Waals surface area (Å²) in [6.07, 6.45) is 4.60.